The molecule has 2 N–H and O–H groups in total. The lowest BCUT2D eigenvalue weighted by Crippen LogP contribution is -2.53. The van der Waals surface area contributed by atoms with Crippen LogP contribution in [0.1, 0.15) is 41.8 Å². The lowest BCUT2D eigenvalue weighted by Gasteiger charge is -2.36. The largest absolute Gasteiger partial charge is 0.481 e. The molecule has 120 valence electrons. The quantitative estimate of drug-likeness (QED) is 0.746. The number of amides is 1. The predicted molar refractivity (Wildman–Crippen MR) is 81.1 cm³/mol. The number of nitrogens with one attached hydrogen (secondary N) is 1. The molecule has 7 heteroatoms. The van der Waals surface area contributed by atoms with Crippen molar-refractivity contribution in [1.82, 2.24) is 5.32 Å². The summed E-state index contributed by atoms with van der Waals surface area (Å²) in [6.45, 7) is 0.864. The van der Waals surface area contributed by atoms with Gasteiger partial charge in [0.1, 0.15) is 0 Å². The average Bonchev–Trinajstić information content (AvgIpc) is 2.99. The highest BCUT2D eigenvalue weighted by molar-refractivity contribution is 7.12. The Balaban J connectivity index is 1.88. The van der Waals surface area contributed by atoms with Gasteiger partial charge >= 0.3 is 5.97 Å². The van der Waals surface area contributed by atoms with Crippen molar-refractivity contribution in [2.45, 2.75) is 37.6 Å². The highest BCUT2D eigenvalue weighted by atomic mass is 32.1. The number of thiophene rings is 1. The van der Waals surface area contributed by atoms with Gasteiger partial charge in [0.2, 0.25) is 5.91 Å². The topological polar surface area (TPSA) is 92.7 Å². The van der Waals surface area contributed by atoms with Crippen LogP contribution in [0.3, 0.4) is 0 Å². The van der Waals surface area contributed by atoms with Crippen LogP contribution in [-0.2, 0) is 14.3 Å². The minimum absolute atomic E-state index is 0.0654. The number of rotatable bonds is 7. The van der Waals surface area contributed by atoms with Crippen LogP contribution in [0.25, 0.3) is 0 Å². The van der Waals surface area contributed by atoms with Crippen molar-refractivity contribution >= 4 is 29.0 Å². The van der Waals surface area contributed by atoms with E-state index in [1.165, 1.54) is 11.3 Å². The van der Waals surface area contributed by atoms with Crippen LogP contribution in [0.15, 0.2) is 17.5 Å². The Labute approximate surface area is 132 Å². The number of carbonyl (C=O) groups excluding carboxylic acids is 2. The zero-order chi connectivity index (χ0) is 16.0. The minimum Gasteiger partial charge on any atom is -0.481 e. The second-order valence-electron chi connectivity index (χ2n) is 5.41. The number of carboxylic acid groups (broad SMARTS) is 1. The molecule has 1 fully saturated rings. The van der Waals surface area contributed by atoms with Crippen LogP contribution in [0.4, 0.5) is 0 Å². The van der Waals surface area contributed by atoms with Gasteiger partial charge in [-0.15, -0.1) is 11.3 Å². The van der Waals surface area contributed by atoms with Gasteiger partial charge in [0.15, 0.2) is 5.78 Å². The van der Waals surface area contributed by atoms with Gasteiger partial charge in [-0.25, -0.2) is 0 Å². The molecule has 0 spiro atoms. The molecule has 1 amide bonds. The molecule has 1 aliphatic heterocycles. The Morgan fingerprint density at radius 1 is 1.27 bits per heavy atom. The predicted octanol–water partition coefficient (Wildman–Crippen LogP) is 1.85. The Bertz CT molecular complexity index is 534. The molecule has 1 saturated heterocycles. The van der Waals surface area contributed by atoms with E-state index in [-0.39, 0.29) is 31.0 Å². The number of Topliss-reactive ketones (excluding diaryl/α,β-unsaturated/α-hetero) is 1. The zero-order valence-corrected chi connectivity index (χ0v) is 13.0. The Morgan fingerprint density at radius 2 is 2.00 bits per heavy atom. The lowest BCUT2D eigenvalue weighted by molar-refractivity contribution is -0.140. The smallest absolute Gasteiger partial charge is 0.305 e. The van der Waals surface area contributed by atoms with E-state index < -0.39 is 11.5 Å². The van der Waals surface area contributed by atoms with E-state index in [2.05, 4.69) is 5.32 Å². The molecule has 0 saturated carbocycles. The average molecular weight is 325 g/mol. The van der Waals surface area contributed by atoms with Crippen LogP contribution in [0, 0.1) is 0 Å². The second kappa shape index (κ2) is 7.51. The van der Waals surface area contributed by atoms with Crippen molar-refractivity contribution in [3.8, 4) is 0 Å². The Morgan fingerprint density at radius 3 is 2.59 bits per heavy atom. The third-order valence-corrected chi connectivity index (χ3v) is 4.63. The lowest BCUT2D eigenvalue weighted by atomic mass is 9.86. The standard InChI is InChI=1S/C15H19NO5S/c17-11(12-2-1-9-22-12)3-4-13(18)16-15(10-14(19)20)5-7-21-8-6-15/h1-2,9H,3-8,10H2,(H,16,18)(H,19,20). The highest BCUT2D eigenvalue weighted by Gasteiger charge is 2.36. The normalized spacial score (nSPS) is 16.9. The van der Waals surface area contributed by atoms with Crippen molar-refractivity contribution in [3.05, 3.63) is 22.4 Å². The monoisotopic (exact) mass is 325 g/mol. The van der Waals surface area contributed by atoms with E-state index in [1.807, 2.05) is 5.38 Å². The summed E-state index contributed by atoms with van der Waals surface area (Å²) in [6, 6.07) is 3.52. The maximum atomic E-state index is 12.1. The molecule has 0 aromatic carbocycles. The van der Waals surface area contributed by atoms with Gasteiger partial charge < -0.3 is 15.2 Å². The van der Waals surface area contributed by atoms with Gasteiger partial charge in [0.05, 0.1) is 16.8 Å². The van der Waals surface area contributed by atoms with Crippen LogP contribution >= 0.6 is 11.3 Å². The number of carbonyl (C=O) groups is 3. The molecule has 0 radical (unpaired) electrons. The number of ether oxygens (including phenoxy) is 1. The first-order chi connectivity index (χ1) is 10.5. The highest BCUT2D eigenvalue weighted by Crippen LogP contribution is 2.25. The van der Waals surface area contributed by atoms with Crippen LogP contribution in [-0.4, -0.2) is 41.5 Å². The molecule has 2 heterocycles. The Hall–Kier alpha value is -1.73. The van der Waals surface area contributed by atoms with E-state index in [0.717, 1.165) is 0 Å². The fraction of sp³-hybridized carbons (Fsp3) is 0.533. The molecule has 0 aliphatic carbocycles. The zero-order valence-electron chi connectivity index (χ0n) is 12.2. The van der Waals surface area contributed by atoms with Crippen molar-refractivity contribution < 1.29 is 24.2 Å². The SMILES string of the molecule is O=C(O)CC1(NC(=O)CCC(=O)c2cccs2)CCOCC1. The van der Waals surface area contributed by atoms with Crippen molar-refractivity contribution in [3.63, 3.8) is 0 Å². The van der Waals surface area contributed by atoms with Crippen molar-refractivity contribution in [2.75, 3.05) is 13.2 Å². The summed E-state index contributed by atoms with van der Waals surface area (Å²) >= 11 is 1.35. The van der Waals surface area contributed by atoms with E-state index in [1.54, 1.807) is 12.1 Å². The molecule has 1 aromatic rings. The van der Waals surface area contributed by atoms with E-state index in [0.29, 0.717) is 30.9 Å². The molecule has 1 aromatic heterocycles. The van der Waals surface area contributed by atoms with Crippen LogP contribution < -0.4 is 5.32 Å². The summed E-state index contributed by atoms with van der Waals surface area (Å²) in [5.41, 5.74) is -0.757. The number of hydrogen-bond donors (Lipinski definition) is 2. The number of ketones is 1. The van der Waals surface area contributed by atoms with Crippen molar-refractivity contribution in [2.24, 2.45) is 0 Å². The maximum absolute atomic E-state index is 12.1. The van der Waals surface area contributed by atoms with Gasteiger partial charge in [-0.1, -0.05) is 6.07 Å². The van der Waals surface area contributed by atoms with Gasteiger partial charge in [0, 0.05) is 26.1 Å². The van der Waals surface area contributed by atoms with Gasteiger partial charge in [-0.05, 0) is 24.3 Å². The van der Waals surface area contributed by atoms with Gasteiger partial charge in [0.25, 0.3) is 0 Å². The fourth-order valence-corrected chi connectivity index (χ4v) is 3.24. The second-order valence-corrected chi connectivity index (χ2v) is 6.36. The molecule has 0 bridgehead atoms. The third kappa shape index (κ3) is 4.64. The maximum Gasteiger partial charge on any atom is 0.305 e. The summed E-state index contributed by atoms with van der Waals surface area (Å²) in [5.74, 6) is -1.30. The van der Waals surface area contributed by atoms with Crippen LogP contribution in [0.2, 0.25) is 0 Å². The van der Waals surface area contributed by atoms with Gasteiger partial charge in [-0.2, -0.15) is 0 Å². The summed E-state index contributed by atoms with van der Waals surface area (Å²) in [4.78, 5) is 35.6. The van der Waals surface area contributed by atoms with E-state index in [9.17, 15) is 14.4 Å². The summed E-state index contributed by atoms with van der Waals surface area (Å²) in [7, 11) is 0. The summed E-state index contributed by atoms with van der Waals surface area (Å²) < 4.78 is 5.24. The Kier molecular flexibility index (Phi) is 5.68. The minimum atomic E-state index is -0.947. The van der Waals surface area contributed by atoms with Gasteiger partial charge in [-0.3, -0.25) is 14.4 Å². The first-order valence-electron chi connectivity index (χ1n) is 7.18. The van der Waals surface area contributed by atoms with E-state index in [4.69, 9.17) is 9.84 Å². The first-order valence-corrected chi connectivity index (χ1v) is 8.06. The molecule has 1 aliphatic rings. The third-order valence-electron chi connectivity index (χ3n) is 3.72. The molecular weight excluding hydrogens is 306 g/mol. The number of carboxylic acids is 1. The summed E-state index contributed by atoms with van der Waals surface area (Å²) in [5, 5.41) is 13.7. The number of aliphatic carboxylic acids is 1. The molecule has 22 heavy (non-hydrogen) atoms. The molecule has 6 nitrogen and oxygen atoms in total. The molecule has 0 unspecified atom stereocenters. The molecule has 2 rings (SSSR count). The van der Waals surface area contributed by atoms with E-state index >= 15 is 0 Å². The first kappa shape index (κ1) is 16.6. The van der Waals surface area contributed by atoms with Crippen molar-refractivity contribution in [1.29, 1.82) is 0 Å². The number of hydrogen-bond acceptors (Lipinski definition) is 5. The van der Waals surface area contributed by atoms with Crippen LogP contribution in [0.5, 0.6) is 0 Å². The summed E-state index contributed by atoms with van der Waals surface area (Å²) in [6.07, 6.45) is 1.03. The molecular formula is C15H19NO5S. The molecule has 0 atom stereocenters. The fourth-order valence-electron chi connectivity index (χ4n) is 2.54.